The molecule has 0 bridgehead atoms. The van der Waals surface area contributed by atoms with E-state index in [9.17, 15) is 0 Å². The molecular weight excluding hydrogens is 376 g/mol. The van der Waals surface area contributed by atoms with Gasteiger partial charge in [0.15, 0.2) is 5.65 Å². The predicted octanol–water partition coefficient (Wildman–Crippen LogP) is 4.95. The van der Waals surface area contributed by atoms with Crippen LogP contribution in [0.2, 0.25) is 0 Å². The molecule has 0 radical (unpaired) electrons. The fourth-order valence-electron chi connectivity index (χ4n) is 3.77. The molecule has 3 aromatic heterocycles. The Bertz CT molecular complexity index is 1230. The first-order chi connectivity index (χ1) is 14.4. The quantitative estimate of drug-likeness (QED) is 0.473. The number of nitrogens with zero attached hydrogens (tertiary/aromatic N) is 4. The van der Waals surface area contributed by atoms with E-state index in [0.29, 0.717) is 12.5 Å². The van der Waals surface area contributed by atoms with Gasteiger partial charge in [-0.05, 0) is 52.3 Å². The van der Waals surface area contributed by atoms with Gasteiger partial charge < -0.3 is 9.47 Å². The molecule has 1 aromatic carbocycles. The number of fused-ring (bicyclic) bond motifs is 1. The Hall–Kier alpha value is -3.41. The van der Waals surface area contributed by atoms with Crippen molar-refractivity contribution in [3.8, 4) is 17.3 Å². The van der Waals surface area contributed by atoms with Crippen molar-refractivity contribution in [2.75, 3.05) is 7.11 Å². The zero-order valence-electron chi connectivity index (χ0n) is 18.3. The molecule has 3 heterocycles. The lowest BCUT2D eigenvalue weighted by Crippen LogP contribution is -2.05. The van der Waals surface area contributed by atoms with E-state index >= 15 is 0 Å². The van der Waals surface area contributed by atoms with E-state index in [1.54, 1.807) is 7.11 Å². The number of aryl methyl sites for hydroxylation is 4. The van der Waals surface area contributed by atoms with Crippen molar-refractivity contribution in [2.24, 2.45) is 0 Å². The SMILES string of the molecule is COc1c(C)cnc(COc2cc(C)c3c(C)nn(-c4ccc(C)cc4)c3n2)c1C. The van der Waals surface area contributed by atoms with E-state index in [1.165, 1.54) is 5.56 Å². The minimum absolute atomic E-state index is 0.318. The van der Waals surface area contributed by atoms with Crippen LogP contribution in [0.15, 0.2) is 36.5 Å². The highest BCUT2D eigenvalue weighted by molar-refractivity contribution is 5.84. The van der Waals surface area contributed by atoms with Gasteiger partial charge in [0, 0.05) is 28.8 Å². The summed E-state index contributed by atoms with van der Waals surface area (Å²) in [5.41, 5.74) is 7.82. The lowest BCUT2D eigenvalue weighted by molar-refractivity contribution is 0.287. The Morgan fingerprint density at radius 3 is 2.40 bits per heavy atom. The molecule has 0 fully saturated rings. The third kappa shape index (κ3) is 3.49. The van der Waals surface area contributed by atoms with Crippen LogP contribution in [0.5, 0.6) is 11.6 Å². The van der Waals surface area contributed by atoms with Crippen molar-refractivity contribution in [1.82, 2.24) is 19.7 Å². The van der Waals surface area contributed by atoms with Gasteiger partial charge in [-0.2, -0.15) is 10.1 Å². The molecule has 6 heteroatoms. The Morgan fingerprint density at radius 2 is 1.70 bits per heavy atom. The Balaban J connectivity index is 1.71. The molecule has 0 aliphatic heterocycles. The second kappa shape index (κ2) is 7.78. The molecule has 0 saturated heterocycles. The van der Waals surface area contributed by atoms with Gasteiger partial charge in [-0.15, -0.1) is 0 Å². The largest absolute Gasteiger partial charge is 0.496 e. The van der Waals surface area contributed by atoms with Crippen LogP contribution >= 0.6 is 0 Å². The predicted molar refractivity (Wildman–Crippen MR) is 118 cm³/mol. The number of hydrogen-bond acceptors (Lipinski definition) is 5. The Kier molecular flexibility index (Phi) is 5.16. The second-order valence-electron chi connectivity index (χ2n) is 7.64. The minimum Gasteiger partial charge on any atom is -0.496 e. The van der Waals surface area contributed by atoms with Crippen LogP contribution in [0, 0.1) is 34.6 Å². The molecule has 0 saturated carbocycles. The number of rotatable bonds is 5. The van der Waals surface area contributed by atoms with Gasteiger partial charge in [-0.25, -0.2) is 4.68 Å². The standard InChI is InChI=1S/C24H26N4O2/c1-14-7-9-19(10-8-14)28-24-22(18(5)27-28)15(2)11-21(26-24)30-13-20-17(4)23(29-6)16(3)12-25-20/h7-12H,13H2,1-6H3. The van der Waals surface area contributed by atoms with E-state index in [1.807, 2.05) is 37.7 Å². The summed E-state index contributed by atoms with van der Waals surface area (Å²) < 4.78 is 13.4. The fourth-order valence-corrected chi connectivity index (χ4v) is 3.77. The average Bonchev–Trinajstić information content (AvgIpc) is 3.05. The van der Waals surface area contributed by atoms with Crippen LogP contribution in [-0.4, -0.2) is 26.9 Å². The summed E-state index contributed by atoms with van der Waals surface area (Å²) in [5.74, 6) is 1.39. The maximum atomic E-state index is 6.05. The van der Waals surface area contributed by atoms with E-state index in [-0.39, 0.29) is 0 Å². The van der Waals surface area contributed by atoms with Crippen LogP contribution in [0.4, 0.5) is 0 Å². The van der Waals surface area contributed by atoms with Crippen molar-refractivity contribution in [2.45, 2.75) is 41.2 Å². The van der Waals surface area contributed by atoms with Crippen LogP contribution in [0.3, 0.4) is 0 Å². The normalized spacial score (nSPS) is 11.1. The minimum atomic E-state index is 0.318. The summed E-state index contributed by atoms with van der Waals surface area (Å²) in [6, 6.07) is 10.2. The molecule has 0 aliphatic carbocycles. The first-order valence-corrected chi connectivity index (χ1v) is 9.95. The maximum Gasteiger partial charge on any atom is 0.215 e. The monoisotopic (exact) mass is 402 g/mol. The Morgan fingerprint density at radius 1 is 0.967 bits per heavy atom. The van der Waals surface area contributed by atoms with Gasteiger partial charge in [0.2, 0.25) is 5.88 Å². The first-order valence-electron chi connectivity index (χ1n) is 9.95. The number of hydrogen-bond donors (Lipinski definition) is 0. The smallest absolute Gasteiger partial charge is 0.215 e. The van der Waals surface area contributed by atoms with Crippen LogP contribution in [-0.2, 0) is 6.61 Å². The van der Waals surface area contributed by atoms with Gasteiger partial charge in [0.25, 0.3) is 0 Å². The number of ether oxygens (including phenoxy) is 2. The summed E-state index contributed by atoms with van der Waals surface area (Å²) in [5, 5.41) is 5.78. The molecule has 0 aliphatic rings. The van der Waals surface area contributed by atoms with Crippen molar-refractivity contribution in [1.29, 1.82) is 0 Å². The summed E-state index contributed by atoms with van der Waals surface area (Å²) >= 11 is 0. The highest BCUT2D eigenvalue weighted by Crippen LogP contribution is 2.28. The third-order valence-corrected chi connectivity index (χ3v) is 5.37. The van der Waals surface area contributed by atoms with Crippen LogP contribution in [0.1, 0.15) is 33.6 Å². The molecule has 30 heavy (non-hydrogen) atoms. The highest BCUT2D eigenvalue weighted by atomic mass is 16.5. The molecular formula is C24H26N4O2. The molecule has 4 rings (SSSR count). The van der Waals surface area contributed by atoms with Crippen molar-refractivity contribution in [3.63, 3.8) is 0 Å². The molecule has 0 N–H and O–H groups in total. The van der Waals surface area contributed by atoms with Crippen molar-refractivity contribution >= 4 is 11.0 Å². The molecule has 154 valence electrons. The molecule has 0 atom stereocenters. The summed E-state index contributed by atoms with van der Waals surface area (Å²) in [7, 11) is 1.67. The molecule has 0 spiro atoms. The van der Waals surface area contributed by atoms with E-state index in [0.717, 1.165) is 50.5 Å². The molecule has 0 amide bonds. The lowest BCUT2D eigenvalue weighted by Gasteiger charge is -2.13. The van der Waals surface area contributed by atoms with Crippen molar-refractivity contribution in [3.05, 3.63) is 70.2 Å². The number of aromatic nitrogens is 4. The molecule has 0 unspecified atom stereocenters. The topological polar surface area (TPSA) is 62.1 Å². The van der Waals surface area contributed by atoms with Gasteiger partial charge in [-0.1, -0.05) is 17.7 Å². The lowest BCUT2D eigenvalue weighted by atomic mass is 10.1. The van der Waals surface area contributed by atoms with Crippen LogP contribution < -0.4 is 9.47 Å². The van der Waals surface area contributed by atoms with Crippen LogP contribution in [0.25, 0.3) is 16.7 Å². The van der Waals surface area contributed by atoms with Crippen molar-refractivity contribution < 1.29 is 9.47 Å². The average molecular weight is 402 g/mol. The summed E-state index contributed by atoms with van der Waals surface area (Å²) in [6.07, 6.45) is 1.81. The number of methoxy groups -OCH3 is 1. The molecule has 6 nitrogen and oxygen atoms in total. The van der Waals surface area contributed by atoms with Gasteiger partial charge in [0.05, 0.1) is 24.2 Å². The maximum absolute atomic E-state index is 6.05. The number of benzene rings is 1. The molecule has 4 aromatic rings. The zero-order valence-corrected chi connectivity index (χ0v) is 18.3. The van der Waals surface area contributed by atoms with Gasteiger partial charge >= 0.3 is 0 Å². The van der Waals surface area contributed by atoms with E-state index < -0.39 is 0 Å². The fraction of sp³-hybridized carbons (Fsp3) is 0.292. The Labute approximate surface area is 176 Å². The third-order valence-electron chi connectivity index (χ3n) is 5.37. The zero-order chi connectivity index (χ0) is 21.4. The van der Waals surface area contributed by atoms with Gasteiger partial charge in [0.1, 0.15) is 12.4 Å². The summed E-state index contributed by atoms with van der Waals surface area (Å²) in [4.78, 5) is 9.29. The second-order valence-corrected chi connectivity index (χ2v) is 7.64. The van der Waals surface area contributed by atoms with E-state index in [2.05, 4.69) is 43.1 Å². The van der Waals surface area contributed by atoms with E-state index in [4.69, 9.17) is 19.6 Å². The first kappa shape index (κ1) is 19.9. The summed E-state index contributed by atoms with van der Waals surface area (Å²) in [6.45, 7) is 10.4. The van der Waals surface area contributed by atoms with Gasteiger partial charge in [-0.3, -0.25) is 4.98 Å². The number of pyridine rings is 2. The highest BCUT2D eigenvalue weighted by Gasteiger charge is 2.16.